The highest BCUT2D eigenvalue weighted by molar-refractivity contribution is 7.99. The van der Waals surface area contributed by atoms with Crippen LogP contribution in [0.1, 0.15) is 13.8 Å². The summed E-state index contributed by atoms with van der Waals surface area (Å²) in [5, 5.41) is 14.9. The molecular weight excluding hydrogens is 315 g/mol. The van der Waals surface area contributed by atoms with Gasteiger partial charge in [-0.05, 0) is 24.1 Å². The van der Waals surface area contributed by atoms with Gasteiger partial charge in [0.05, 0.1) is 10.7 Å². The minimum absolute atomic E-state index is 0.395. The van der Waals surface area contributed by atoms with Crippen molar-refractivity contribution in [3.63, 3.8) is 0 Å². The number of hydrogen-bond donors (Lipinski definition) is 0. The highest BCUT2D eigenvalue weighted by atomic mass is 35.5. The maximum atomic E-state index is 6.24. The van der Waals surface area contributed by atoms with E-state index in [9.17, 15) is 0 Å². The third-order valence-electron chi connectivity index (χ3n) is 3.03. The van der Waals surface area contributed by atoms with Gasteiger partial charge in [0, 0.05) is 16.3 Å². The van der Waals surface area contributed by atoms with E-state index in [0.717, 1.165) is 22.2 Å². The minimum atomic E-state index is 0.395. The first-order valence-corrected chi connectivity index (χ1v) is 7.92. The van der Waals surface area contributed by atoms with E-state index >= 15 is 0 Å². The predicted octanol–water partition coefficient (Wildman–Crippen LogP) is 4.22. The van der Waals surface area contributed by atoms with Crippen molar-refractivity contribution in [1.82, 2.24) is 14.9 Å². The molecule has 4 nitrogen and oxygen atoms in total. The number of thioether (sulfide) groups is 1. The number of benzene rings is 1. The molecule has 20 heavy (non-hydrogen) atoms. The summed E-state index contributed by atoms with van der Waals surface area (Å²) in [7, 11) is 0. The first-order valence-electron chi connectivity index (χ1n) is 6.17. The Bertz CT molecular complexity index is 694. The van der Waals surface area contributed by atoms with E-state index < -0.39 is 0 Å². The Morgan fingerprint density at radius 1 is 1.25 bits per heavy atom. The lowest BCUT2D eigenvalue weighted by atomic mass is 10.1. The van der Waals surface area contributed by atoms with Gasteiger partial charge in [-0.15, -0.1) is 10.2 Å². The van der Waals surface area contributed by atoms with Crippen LogP contribution in [0.3, 0.4) is 0 Å². The lowest BCUT2D eigenvalue weighted by molar-refractivity contribution is 0.736. The zero-order valence-electron chi connectivity index (χ0n) is 11.0. The second-order valence-electron chi connectivity index (χ2n) is 4.78. The van der Waals surface area contributed by atoms with Crippen LogP contribution in [0.2, 0.25) is 10.0 Å². The Labute approximate surface area is 131 Å². The summed E-state index contributed by atoms with van der Waals surface area (Å²) in [5.74, 6) is 1.89. The van der Waals surface area contributed by atoms with Gasteiger partial charge in [0.2, 0.25) is 5.16 Å². The first kappa shape index (κ1) is 13.9. The zero-order valence-corrected chi connectivity index (χ0v) is 13.3. The van der Waals surface area contributed by atoms with Gasteiger partial charge in [-0.1, -0.05) is 48.8 Å². The summed E-state index contributed by atoms with van der Waals surface area (Å²) in [6, 6.07) is 5.32. The van der Waals surface area contributed by atoms with Crippen molar-refractivity contribution in [2.75, 3.05) is 5.75 Å². The monoisotopic (exact) mass is 326 g/mol. The van der Waals surface area contributed by atoms with Crippen molar-refractivity contribution in [2.24, 2.45) is 11.0 Å². The third-order valence-corrected chi connectivity index (χ3v) is 4.53. The smallest absolute Gasteiger partial charge is 0.187 e. The average molecular weight is 327 g/mol. The Morgan fingerprint density at radius 3 is 2.75 bits per heavy atom. The number of halogens is 2. The summed E-state index contributed by atoms with van der Waals surface area (Å²) in [5.41, 5.74) is 1.90. The van der Waals surface area contributed by atoms with Crippen molar-refractivity contribution in [2.45, 2.75) is 19.0 Å². The lowest BCUT2D eigenvalue weighted by Crippen LogP contribution is -2.17. The Kier molecular flexibility index (Phi) is 3.75. The molecule has 0 amide bonds. The largest absolute Gasteiger partial charge is 0.212 e. The molecule has 3 rings (SSSR count). The summed E-state index contributed by atoms with van der Waals surface area (Å²) >= 11 is 13.8. The van der Waals surface area contributed by atoms with E-state index in [-0.39, 0.29) is 0 Å². The van der Waals surface area contributed by atoms with Crippen molar-refractivity contribution in [3.8, 4) is 11.4 Å². The molecule has 1 aromatic carbocycles. The first-order chi connectivity index (χ1) is 9.56. The Morgan fingerprint density at radius 2 is 2.05 bits per heavy atom. The van der Waals surface area contributed by atoms with Crippen LogP contribution in [0.15, 0.2) is 28.5 Å². The van der Waals surface area contributed by atoms with Crippen molar-refractivity contribution in [1.29, 1.82) is 0 Å². The van der Waals surface area contributed by atoms with Gasteiger partial charge in [-0.3, -0.25) is 0 Å². The van der Waals surface area contributed by atoms with Gasteiger partial charge in [0.25, 0.3) is 0 Å². The number of hydrogen-bond acceptors (Lipinski definition) is 4. The molecule has 1 aliphatic rings. The fourth-order valence-corrected chi connectivity index (χ4v) is 3.37. The van der Waals surface area contributed by atoms with Crippen molar-refractivity contribution < 1.29 is 0 Å². The predicted molar refractivity (Wildman–Crippen MR) is 83.9 cm³/mol. The van der Waals surface area contributed by atoms with E-state index in [2.05, 4.69) is 29.1 Å². The fraction of sp³-hybridized carbons (Fsp3) is 0.308. The zero-order chi connectivity index (χ0) is 14.3. The van der Waals surface area contributed by atoms with Gasteiger partial charge in [0.1, 0.15) is 0 Å². The maximum Gasteiger partial charge on any atom is 0.212 e. The Hall–Kier alpha value is -1.04. The molecule has 0 spiro atoms. The summed E-state index contributed by atoms with van der Waals surface area (Å²) in [6.07, 6.45) is 0. The molecule has 0 fully saturated rings. The second kappa shape index (κ2) is 5.39. The van der Waals surface area contributed by atoms with Gasteiger partial charge >= 0.3 is 0 Å². The molecule has 0 radical (unpaired) electrons. The molecule has 2 heterocycles. The topological polar surface area (TPSA) is 43.1 Å². The summed E-state index contributed by atoms with van der Waals surface area (Å²) in [6.45, 7) is 4.26. The quantitative estimate of drug-likeness (QED) is 0.829. The van der Waals surface area contributed by atoms with E-state index in [1.807, 2.05) is 6.07 Å². The van der Waals surface area contributed by atoms with Crippen LogP contribution in [0.5, 0.6) is 0 Å². The van der Waals surface area contributed by atoms with Gasteiger partial charge in [-0.25, -0.2) is 0 Å². The molecule has 1 aromatic heterocycles. The van der Waals surface area contributed by atoms with Crippen LogP contribution in [0.4, 0.5) is 0 Å². The molecule has 0 N–H and O–H groups in total. The van der Waals surface area contributed by atoms with Crippen LogP contribution in [0, 0.1) is 5.92 Å². The SMILES string of the molecule is CC(C)C1=Nn2c(nnc2-c2ccc(Cl)cc2Cl)SC1. The van der Waals surface area contributed by atoms with E-state index in [1.54, 1.807) is 28.6 Å². The standard InChI is InChI=1S/C13H12Cl2N4S/c1-7(2)11-6-20-13-17-16-12(19(13)18-11)9-4-3-8(14)5-10(9)15/h3-5,7H,6H2,1-2H3. The number of aromatic nitrogens is 3. The van der Waals surface area contributed by atoms with Crippen molar-refractivity contribution in [3.05, 3.63) is 28.2 Å². The van der Waals surface area contributed by atoms with Crippen LogP contribution < -0.4 is 0 Å². The highest BCUT2D eigenvalue weighted by Gasteiger charge is 2.22. The molecule has 7 heteroatoms. The molecule has 0 bridgehead atoms. The summed E-state index contributed by atoms with van der Waals surface area (Å²) < 4.78 is 1.76. The third kappa shape index (κ3) is 2.45. The summed E-state index contributed by atoms with van der Waals surface area (Å²) in [4.78, 5) is 0. The van der Waals surface area contributed by atoms with Crippen LogP contribution in [0.25, 0.3) is 11.4 Å². The minimum Gasteiger partial charge on any atom is -0.187 e. The number of nitrogens with zero attached hydrogens (tertiary/aromatic N) is 4. The fourth-order valence-electron chi connectivity index (χ4n) is 1.86. The van der Waals surface area contributed by atoms with Crippen LogP contribution >= 0.6 is 35.0 Å². The molecule has 0 atom stereocenters. The number of rotatable bonds is 2. The molecule has 0 saturated carbocycles. The van der Waals surface area contributed by atoms with Gasteiger partial charge in [0.15, 0.2) is 5.82 Å². The van der Waals surface area contributed by atoms with E-state index in [4.69, 9.17) is 23.2 Å². The van der Waals surface area contributed by atoms with E-state index in [0.29, 0.717) is 21.8 Å². The molecular formula is C13H12Cl2N4S. The number of fused-ring (bicyclic) bond motifs is 1. The maximum absolute atomic E-state index is 6.24. The van der Waals surface area contributed by atoms with Crippen molar-refractivity contribution >= 4 is 40.7 Å². The normalized spacial score (nSPS) is 14.3. The molecule has 0 saturated heterocycles. The lowest BCUT2D eigenvalue weighted by Gasteiger charge is -2.16. The molecule has 2 aromatic rings. The van der Waals surface area contributed by atoms with Crippen LogP contribution in [-0.4, -0.2) is 26.3 Å². The van der Waals surface area contributed by atoms with Gasteiger partial charge in [-0.2, -0.15) is 9.78 Å². The molecule has 0 aliphatic carbocycles. The Balaban J connectivity index is 2.12. The second-order valence-corrected chi connectivity index (χ2v) is 6.56. The van der Waals surface area contributed by atoms with Crippen LogP contribution in [-0.2, 0) is 0 Å². The highest BCUT2D eigenvalue weighted by Crippen LogP contribution is 2.33. The van der Waals surface area contributed by atoms with E-state index in [1.165, 1.54) is 0 Å². The average Bonchev–Trinajstić information content (AvgIpc) is 2.81. The molecule has 1 aliphatic heterocycles. The van der Waals surface area contributed by atoms with Gasteiger partial charge < -0.3 is 0 Å². The molecule has 0 unspecified atom stereocenters. The molecule has 104 valence electrons.